The average Bonchev–Trinajstić information content (AvgIpc) is 2.29. The van der Waals surface area contributed by atoms with Gasteiger partial charge in [0.2, 0.25) is 5.91 Å². The van der Waals surface area contributed by atoms with Crippen LogP contribution in [-0.2, 0) is 4.79 Å². The molecule has 4 heteroatoms. The fourth-order valence-corrected chi connectivity index (χ4v) is 1.42. The maximum Gasteiger partial charge on any atom is 0.244 e. The van der Waals surface area contributed by atoms with Crippen LogP contribution in [0.5, 0.6) is 0 Å². The molecule has 86 valence electrons. The Labute approximate surface area is 100 Å². The van der Waals surface area contributed by atoms with E-state index in [0.29, 0.717) is 6.54 Å². The summed E-state index contributed by atoms with van der Waals surface area (Å²) in [4.78, 5) is 11.3. The zero-order valence-electron chi connectivity index (χ0n) is 9.27. The molecule has 0 aliphatic carbocycles. The van der Waals surface area contributed by atoms with Crippen LogP contribution in [0.15, 0.2) is 30.3 Å². The number of carbonyl (C=O) groups excluding carboxylic acids is 1. The molecule has 1 rings (SSSR count). The largest absolute Gasteiger partial charge is 0.399 e. The predicted molar refractivity (Wildman–Crippen MR) is 71.3 cm³/mol. The standard InChI is InChI=1S/C12H16N2OS/c1-16-9-8-14-12(15)7-4-10-2-5-11(13)6-3-10/h2-7H,8-9,13H2,1H3,(H,14,15)/b7-4+. The van der Waals surface area contributed by atoms with Gasteiger partial charge < -0.3 is 11.1 Å². The SMILES string of the molecule is CSCCNC(=O)/C=C/c1ccc(N)cc1. The molecule has 0 saturated carbocycles. The van der Waals surface area contributed by atoms with Crippen molar-refractivity contribution >= 4 is 29.4 Å². The lowest BCUT2D eigenvalue weighted by Gasteiger charge is -1.99. The van der Waals surface area contributed by atoms with E-state index in [-0.39, 0.29) is 5.91 Å². The van der Waals surface area contributed by atoms with Crippen LogP contribution in [0.1, 0.15) is 5.56 Å². The molecule has 3 N–H and O–H groups in total. The van der Waals surface area contributed by atoms with Crippen molar-refractivity contribution in [2.75, 3.05) is 24.3 Å². The van der Waals surface area contributed by atoms with Crippen LogP contribution in [0, 0.1) is 0 Å². The van der Waals surface area contributed by atoms with E-state index in [2.05, 4.69) is 5.32 Å². The molecule has 1 aromatic rings. The smallest absolute Gasteiger partial charge is 0.244 e. The van der Waals surface area contributed by atoms with Gasteiger partial charge >= 0.3 is 0 Å². The Morgan fingerprint density at radius 3 is 2.75 bits per heavy atom. The minimum atomic E-state index is -0.0640. The van der Waals surface area contributed by atoms with Crippen molar-refractivity contribution in [3.63, 3.8) is 0 Å². The number of anilines is 1. The van der Waals surface area contributed by atoms with E-state index in [9.17, 15) is 4.79 Å². The highest BCUT2D eigenvalue weighted by molar-refractivity contribution is 7.98. The lowest BCUT2D eigenvalue weighted by atomic mass is 10.2. The maximum absolute atomic E-state index is 11.3. The lowest BCUT2D eigenvalue weighted by molar-refractivity contribution is -0.116. The van der Waals surface area contributed by atoms with E-state index in [1.807, 2.05) is 30.5 Å². The minimum absolute atomic E-state index is 0.0640. The summed E-state index contributed by atoms with van der Waals surface area (Å²) < 4.78 is 0. The molecule has 0 aliphatic rings. The van der Waals surface area contributed by atoms with Gasteiger partial charge in [0.1, 0.15) is 0 Å². The Kier molecular flexibility index (Phi) is 5.50. The number of nitrogens with one attached hydrogen (secondary N) is 1. The molecule has 0 saturated heterocycles. The molecule has 1 aromatic carbocycles. The highest BCUT2D eigenvalue weighted by Crippen LogP contribution is 2.06. The molecule has 0 fully saturated rings. The van der Waals surface area contributed by atoms with Gasteiger partial charge in [-0.25, -0.2) is 0 Å². The van der Waals surface area contributed by atoms with Gasteiger partial charge in [0.25, 0.3) is 0 Å². The van der Waals surface area contributed by atoms with E-state index in [1.54, 1.807) is 17.8 Å². The van der Waals surface area contributed by atoms with E-state index in [1.165, 1.54) is 6.08 Å². The number of carbonyl (C=O) groups is 1. The Bertz CT molecular complexity index is 360. The van der Waals surface area contributed by atoms with Crippen molar-refractivity contribution in [2.24, 2.45) is 0 Å². The van der Waals surface area contributed by atoms with Gasteiger partial charge in [-0.15, -0.1) is 0 Å². The quantitative estimate of drug-likeness (QED) is 0.465. The fourth-order valence-electron chi connectivity index (χ4n) is 1.11. The van der Waals surface area contributed by atoms with Gasteiger partial charge in [-0.05, 0) is 30.0 Å². The third-order valence-electron chi connectivity index (χ3n) is 1.97. The molecule has 1 amide bonds. The van der Waals surface area contributed by atoms with Crippen LogP contribution in [0.2, 0.25) is 0 Å². The fraction of sp³-hybridized carbons (Fsp3) is 0.250. The summed E-state index contributed by atoms with van der Waals surface area (Å²) in [6.45, 7) is 0.700. The topological polar surface area (TPSA) is 55.1 Å². The van der Waals surface area contributed by atoms with Crippen LogP contribution in [0.25, 0.3) is 6.08 Å². The molecule has 0 atom stereocenters. The van der Waals surface area contributed by atoms with E-state index >= 15 is 0 Å². The highest BCUT2D eigenvalue weighted by Gasteiger charge is 1.93. The monoisotopic (exact) mass is 236 g/mol. The lowest BCUT2D eigenvalue weighted by Crippen LogP contribution is -2.23. The van der Waals surface area contributed by atoms with Gasteiger partial charge in [-0.3, -0.25) is 4.79 Å². The summed E-state index contributed by atoms with van der Waals surface area (Å²) in [5, 5.41) is 2.79. The molecule has 3 nitrogen and oxygen atoms in total. The summed E-state index contributed by atoms with van der Waals surface area (Å²) in [6.07, 6.45) is 5.32. The van der Waals surface area contributed by atoms with Gasteiger partial charge in [-0.1, -0.05) is 12.1 Å². The van der Waals surface area contributed by atoms with Gasteiger partial charge in [0.05, 0.1) is 0 Å². The first-order valence-corrected chi connectivity index (χ1v) is 6.42. The molecule has 0 spiro atoms. The second-order valence-electron chi connectivity index (χ2n) is 3.28. The molecule has 0 unspecified atom stereocenters. The predicted octanol–water partition coefficient (Wildman–Crippen LogP) is 1.76. The van der Waals surface area contributed by atoms with Crippen molar-refractivity contribution in [3.8, 4) is 0 Å². The Morgan fingerprint density at radius 1 is 1.44 bits per heavy atom. The average molecular weight is 236 g/mol. The summed E-state index contributed by atoms with van der Waals surface area (Å²) in [5.74, 6) is 0.868. The Hall–Kier alpha value is -1.42. The molecule has 0 bridgehead atoms. The van der Waals surface area contributed by atoms with Crippen LogP contribution >= 0.6 is 11.8 Å². The number of hydrogen-bond donors (Lipinski definition) is 2. The van der Waals surface area contributed by atoms with Crippen molar-refractivity contribution in [3.05, 3.63) is 35.9 Å². The Morgan fingerprint density at radius 2 is 2.12 bits per heavy atom. The summed E-state index contributed by atoms with van der Waals surface area (Å²) in [5.41, 5.74) is 7.25. The summed E-state index contributed by atoms with van der Waals surface area (Å²) in [7, 11) is 0. The first-order chi connectivity index (χ1) is 7.72. The van der Waals surface area contributed by atoms with Crippen LogP contribution in [0.4, 0.5) is 5.69 Å². The number of thioether (sulfide) groups is 1. The summed E-state index contributed by atoms with van der Waals surface area (Å²) >= 11 is 1.71. The zero-order chi connectivity index (χ0) is 11.8. The van der Waals surface area contributed by atoms with E-state index in [0.717, 1.165) is 17.0 Å². The molecule has 16 heavy (non-hydrogen) atoms. The van der Waals surface area contributed by atoms with Gasteiger partial charge in [0, 0.05) is 24.1 Å². The van der Waals surface area contributed by atoms with Gasteiger partial charge in [0.15, 0.2) is 0 Å². The third kappa shape index (κ3) is 4.89. The second kappa shape index (κ2) is 6.95. The molecule has 0 heterocycles. The highest BCUT2D eigenvalue weighted by atomic mass is 32.2. The zero-order valence-corrected chi connectivity index (χ0v) is 10.1. The van der Waals surface area contributed by atoms with Crippen molar-refractivity contribution < 1.29 is 4.79 Å². The van der Waals surface area contributed by atoms with Crippen LogP contribution in [0.3, 0.4) is 0 Å². The third-order valence-corrected chi connectivity index (χ3v) is 2.58. The summed E-state index contributed by atoms with van der Waals surface area (Å²) in [6, 6.07) is 7.37. The first-order valence-electron chi connectivity index (χ1n) is 5.03. The van der Waals surface area contributed by atoms with Crippen molar-refractivity contribution in [1.82, 2.24) is 5.32 Å². The number of hydrogen-bond acceptors (Lipinski definition) is 3. The van der Waals surface area contributed by atoms with Gasteiger partial charge in [-0.2, -0.15) is 11.8 Å². The van der Waals surface area contributed by atoms with Crippen LogP contribution < -0.4 is 11.1 Å². The number of nitrogen functional groups attached to an aromatic ring is 1. The van der Waals surface area contributed by atoms with Crippen molar-refractivity contribution in [1.29, 1.82) is 0 Å². The molecular formula is C12H16N2OS. The van der Waals surface area contributed by atoms with E-state index in [4.69, 9.17) is 5.73 Å². The van der Waals surface area contributed by atoms with Crippen molar-refractivity contribution in [2.45, 2.75) is 0 Å². The van der Waals surface area contributed by atoms with Crippen LogP contribution in [-0.4, -0.2) is 24.5 Å². The molecule has 0 radical (unpaired) electrons. The van der Waals surface area contributed by atoms with E-state index < -0.39 is 0 Å². The minimum Gasteiger partial charge on any atom is -0.399 e. The number of benzene rings is 1. The number of nitrogens with two attached hydrogens (primary N) is 1. The normalized spacial score (nSPS) is 10.6. The number of amides is 1. The molecule has 0 aromatic heterocycles. The molecule has 0 aliphatic heterocycles. The Balaban J connectivity index is 2.41. The first kappa shape index (κ1) is 12.6. The maximum atomic E-state index is 11.3. The number of rotatable bonds is 5. The second-order valence-corrected chi connectivity index (χ2v) is 4.27. The molecular weight excluding hydrogens is 220 g/mol.